The minimum absolute atomic E-state index is 0.0216. The van der Waals surface area contributed by atoms with Crippen molar-refractivity contribution >= 4 is 17.5 Å². The van der Waals surface area contributed by atoms with Gasteiger partial charge in [0.15, 0.2) is 0 Å². The standard InChI is InChI=1S/C17H14ClF3N2O/c18-15-4-1-12(17(19,20)21)9-14(15)16(24)23(13-2-3-13)10-11-5-7-22-8-6-11/h1,4-9,13H,2-3,10H2. The van der Waals surface area contributed by atoms with Crippen molar-refractivity contribution in [3.8, 4) is 0 Å². The molecule has 0 bridgehead atoms. The van der Waals surface area contributed by atoms with Gasteiger partial charge in [-0.2, -0.15) is 13.2 Å². The molecule has 7 heteroatoms. The first-order chi connectivity index (χ1) is 11.4. The van der Waals surface area contributed by atoms with Crippen LogP contribution in [0.3, 0.4) is 0 Å². The van der Waals surface area contributed by atoms with Crippen molar-refractivity contribution in [2.45, 2.75) is 31.6 Å². The minimum atomic E-state index is -4.52. The lowest BCUT2D eigenvalue weighted by Gasteiger charge is -2.23. The molecule has 126 valence electrons. The Morgan fingerprint density at radius 3 is 2.46 bits per heavy atom. The van der Waals surface area contributed by atoms with Gasteiger partial charge in [0.25, 0.3) is 5.91 Å². The second kappa shape index (κ2) is 6.43. The lowest BCUT2D eigenvalue weighted by Crippen LogP contribution is -2.33. The Hall–Kier alpha value is -2.08. The normalized spacial score (nSPS) is 14.5. The predicted octanol–water partition coefficient (Wildman–Crippen LogP) is 4.56. The van der Waals surface area contributed by atoms with Crippen LogP contribution in [0.25, 0.3) is 0 Å². The van der Waals surface area contributed by atoms with Gasteiger partial charge < -0.3 is 4.90 Å². The van der Waals surface area contributed by atoms with Gasteiger partial charge in [-0.25, -0.2) is 0 Å². The van der Waals surface area contributed by atoms with Crippen LogP contribution in [0.15, 0.2) is 42.7 Å². The van der Waals surface area contributed by atoms with Crippen LogP contribution in [-0.4, -0.2) is 21.8 Å². The maximum atomic E-state index is 12.9. The third-order valence-corrected chi connectivity index (χ3v) is 4.20. The molecule has 3 nitrogen and oxygen atoms in total. The van der Waals surface area contributed by atoms with Gasteiger partial charge >= 0.3 is 6.18 Å². The van der Waals surface area contributed by atoms with E-state index in [0.717, 1.165) is 36.6 Å². The molecule has 1 aromatic heterocycles. The van der Waals surface area contributed by atoms with Gasteiger partial charge in [-0.15, -0.1) is 0 Å². The van der Waals surface area contributed by atoms with Gasteiger partial charge in [0.1, 0.15) is 0 Å². The molecule has 2 aromatic rings. The number of amides is 1. The number of alkyl halides is 3. The van der Waals surface area contributed by atoms with Gasteiger partial charge in [0, 0.05) is 25.0 Å². The highest BCUT2D eigenvalue weighted by atomic mass is 35.5. The van der Waals surface area contributed by atoms with Crippen LogP contribution in [0.1, 0.15) is 34.3 Å². The van der Waals surface area contributed by atoms with Crippen molar-refractivity contribution in [1.29, 1.82) is 0 Å². The smallest absolute Gasteiger partial charge is 0.331 e. The Bertz CT molecular complexity index is 745. The molecule has 1 aliphatic carbocycles. The van der Waals surface area contributed by atoms with Crippen molar-refractivity contribution < 1.29 is 18.0 Å². The summed E-state index contributed by atoms with van der Waals surface area (Å²) in [6.07, 6.45) is 0.389. The number of hydrogen-bond donors (Lipinski definition) is 0. The van der Waals surface area contributed by atoms with Crippen molar-refractivity contribution in [1.82, 2.24) is 9.88 Å². The minimum Gasteiger partial charge on any atom is -0.331 e. The van der Waals surface area contributed by atoms with E-state index < -0.39 is 17.6 Å². The summed E-state index contributed by atoms with van der Waals surface area (Å²) in [7, 11) is 0. The number of benzene rings is 1. The molecule has 0 saturated heterocycles. The van der Waals surface area contributed by atoms with Gasteiger partial charge in [-0.1, -0.05) is 11.6 Å². The molecule has 1 aliphatic rings. The number of halogens is 4. The molecular formula is C17H14ClF3N2O. The van der Waals surface area contributed by atoms with Crippen molar-refractivity contribution in [2.75, 3.05) is 0 Å². The Morgan fingerprint density at radius 2 is 1.88 bits per heavy atom. The van der Waals surface area contributed by atoms with E-state index in [2.05, 4.69) is 4.98 Å². The number of carbonyl (C=O) groups excluding carboxylic acids is 1. The zero-order valence-corrected chi connectivity index (χ0v) is 13.3. The number of carbonyl (C=O) groups is 1. The predicted molar refractivity (Wildman–Crippen MR) is 83.6 cm³/mol. The number of nitrogens with zero attached hydrogens (tertiary/aromatic N) is 2. The molecule has 0 radical (unpaired) electrons. The van der Waals surface area contributed by atoms with E-state index >= 15 is 0 Å². The number of hydrogen-bond acceptors (Lipinski definition) is 2. The number of pyridine rings is 1. The van der Waals surface area contributed by atoms with E-state index in [-0.39, 0.29) is 16.6 Å². The maximum absolute atomic E-state index is 12.9. The van der Waals surface area contributed by atoms with E-state index in [0.29, 0.717) is 6.54 Å². The quantitative estimate of drug-likeness (QED) is 0.806. The topological polar surface area (TPSA) is 33.2 Å². The van der Waals surface area contributed by atoms with E-state index in [1.165, 1.54) is 0 Å². The van der Waals surface area contributed by atoms with Crippen molar-refractivity contribution in [3.63, 3.8) is 0 Å². The highest BCUT2D eigenvalue weighted by Gasteiger charge is 2.36. The third-order valence-electron chi connectivity index (χ3n) is 3.87. The molecule has 1 fully saturated rings. The average Bonchev–Trinajstić information content (AvgIpc) is 3.37. The first-order valence-electron chi connectivity index (χ1n) is 7.43. The molecule has 0 unspecified atom stereocenters. The SMILES string of the molecule is O=C(c1cc(C(F)(F)F)ccc1Cl)N(Cc1ccncc1)C1CC1. The fourth-order valence-corrected chi connectivity index (χ4v) is 2.66. The third kappa shape index (κ3) is 3.70. The summed E-state index contributed by atoms with van der Waals surface area (Å²) in [6, 6.07) is 6.41. The van der Waals surface area contributed by atoms with Gasteiger partial charge in [-0.05, 0) is 48.7 Å². The van der Waals surface area contributed by atoms with Crippen LogP contribution < -0.4 is 0 Å². The fraction of sp³-hybridized carbons (Fsp3) is 0.294. The molecule has 0 aliphatic heterocycles. The second-order valence-corrected chi connectivity index (χ2v) is 6.12. The van der Waals surface area contributed by atoms with Gasteiger partial charge in [0.05, 0.1) is 16.1 Å². The molecule has 1 saturated carbocycles. The van der Waals surface area contributed by atoms with Crippen molar-refractivity contribution in [2.24, 2.45) is 0 Å². The van der Waals surface area contributed by atoms with Crippen LogP contribution in [0, 0.1) is 0 Å². The van der Waals surface area contributed by atoms with E-state index in [1.54, 1.807) is 29.4 Å². The summed E-state index contributed by atoms with van der Waals surface area (Å²) in [5, 5.41) is 0.0216. The zero-order chi connectivity index (χ0) is 17.3. The molecule has 0 spiro atoms. The Balaban J connectivity index is 1.91. The first kappa shape index (κ1) is 16.8. The highest BCUT2D eigenvalue weighted by molar-refractivity contribution is 6.33. The Kier molecular flexibility index (Phi) is 4.49. The summed E-state index contributed by atoms with van der Waals surface area (Å²) >= 11 is 5.99. The van der Waals surface area contributed by atoms with Crippen LogP contribution >= 0.6 is 11.6 Å². The van der Waals surface area contributed by atoms with Crippen LogP contribution in [0.4, 0.5) is 13.2 Å². The Labute approximate surface area is 142 Å². The number of rotatable bonds is 4. The molecule has 3 rings (SSSR count). The molecule has 24 heavy (non-hydrogen) atoms. The summed E-state index contributed by atoms with van der Waals surface area (Å²) < 4.78 is 38.7. The average molecular weight is 355 g/mol. The van der Waals surface area contributed by atoms with E-state index in [4.69, 9.17) is 11.6 Å². The second-order valence-electron chi connectivity index (χ2n) is 5.71. The van der Waals surface area contributed by atoms with Crippen LogP contribution in [-0.2, 0) is 12.7 Å². The lowest BCUT2D eigenvalue weighted by atomic mass is 10.1. The monoisotopic (exact) mass is 354 g/mol. The van der Waals surface area contributed by atoms with Crippen molar-refractivity contribution in [3.05, 3.63) is 64.4 Å². The number of aromatic nitrogens is 1. The molecule has 0 atom stereocenters. The molecule has 1 heterocycles. The van der Waals surface area contributed by atoms with E-state index in [9.17, 15) is 18.0 Å². The summed E-state index contributed by atoms with van der Waals surface area (Å²) in [4.78, 5) is 18.3. The maximum Gasteiger partial charge on any atom is 0.416 e. The highest BCUT2D eigenvalue weighted by Crippen LogP contribution is 2.34. The largest absolute Gasteiger partial charge is 0.416 e. The lowest BCUT2D eigenvalue weighted by molar-refractivity contribution is -0.137. The van der Waals surface area contributed by atoms with Gasteiger partial charge in [0.2, 0.25) is 0 Å². The molecule has 1 aromatic carbocycles. The van der Waals surface area contributed by atoms with Crippen LogP contribution in [0.2, 0.25) is 5.02 Å². The van der Waals surface area contributed by atoms with Gasteiger partial charge in [-0.3, -0.25) is 9.78 Å². The molecule has 0 N–H and O–H groups in total. The van der Waals surface area contributed by atoms with Crippen LogP contribution in [0.5, 0.6) is 0 Å². The molecule has 1 amide bonds. The summed E-state index contributed by atoms with van der Waals surface area (Å²) in [5.41, 5.74) is -0.129. The summed E-state index contributed by atoms with van der Waals surface area (Å²) in [6.45, 7) is 0.318. The molecular weight excluding hydrogens is 341 g/mol. The Morgan fingerprint density at radius 1 is 1.21 bits per heavy atom. The first-order valence-corrected chi connectivity index (χ1v) is 7.80. The summed E-state index contributed by atoms with van der Waals surface area (Å²) in [5.74, 6) is -0.481. The van der Waals surface area contributed by atoms with E-state index in [1.807, 2.05) is 0 Å². The zero-order valence-electron chi connectivity index (χ0n) is 12.6. The fourth-order valence-electron chi connectivity index (χ4n) is 2.46.